The lowest BCUT2D eigenvalue weighted by Crippen LogP contribution is -2.32. The highest BCUT2D eigenvalue weighted by atomic mass is 19.3. The number of hydrogen-bond acceptors (Lipinski definition) is 6. The van der Waals surface area contributed by atoms with Crippen LogP contribution >= 0.6 is 0 Å². The normalized spacial score (nSPS) is 13.2. The van der Waals surface area contributed by atoms with Gasteiger partial charge in [0.05, 0.1) is 22.9 Å². The van der Waals surface area contributed by atoms with E-state index in [1.165, 1.54) is 12.1 Å². The summed E-state index contributed by atoms with van der Waals surface area (Å²) in [5.74, 6) is -2.67. The molecule has 0 aliphatic carbocycles. The second kappa shape index (κ2) is 6.63. The van der Waals surface area contributed by atoms with Crippen LogP contribution in [-0.4, -0.2) is 40.9 Å². The van der Waals surface area contributed by atoms with Gasteiger partial charge in [-0.15, -0.1) is 0 Å². The topological polar surface area (TPSA) is 85.8 Å². The number of carbonyl (C=O) groups is 3. The number of fused-ring (bicyclic) bond motifs is 1. The van der Waals surface area contributed by atoms with E-state index < -0.39 is 30.8 Å². The number of amides is 2. The summed E-state index contributed by atoms with van der Waals surface area (Å²) in [7, 11) is 0. The minimum Gasteiger partial charge on any atom is -0.486 e. The monoisotopic (exact) mass is 348 g/mol. The first-order chi connectivity index (χ1) is 12.0. The van der Waals surface area contributed by atoms with Crippen molar-refractivity contribution in [3.63, 3.8) is 0 Å². The molecule has 2 amide bonds. The predicted molar refractivity (Wildman–Crippen MR) is 78.1 cm³/mol. The van der Waals surface area contributed by atoms with Crippen LogP contribution < -0.4 is 4.74 Å². The molecule has 1 aromatic carbocycles. The van der Waals surface area contributed by atoms with Gasteiger partial charge in [-0.1, -0.05) is 17.2 Å². The molecule has 2 heterocycles. The number of pyridine rings is 1. The van der Waals surface area contributed by atoms with Crippen molar-refractivity contribution in [1.29, 1.82) is 0 Å². The van der Waals surface area contributed by atoms with Gasteiger partial charge in [0.2, 0.25) is 0 Å². The number of hydrogen-bond donors (Lipinski definition) is 0. The zero-order valence-corrected chi connectivity index (χ0v) is 12.5. The van der Waals surface area contributed by atoms with Crippen molar-refractivity contribution in [3.05, 3.63) is 59.4 Å². The van der Waals surface area contributed by atoms with E-state index in [0.717, 1.165) is 18.5 Å². The Balaban J connectivity index is 1.74. The molecular weight excluding hydrogens is 338 g/mol. The molecule has 1 aliphatic heterocycles. The molecule has 9 heteroatoms. The maximum absolute atomic E-state index is 12.1. The van der Waals surface area contributed by atoms with Crippen LogP contribution in [0.15, 0.2) is 42.7 Å². The van der Waals surface area contributed by atoms with Crippen molar-refractivity contribution >= 4 is 17.8 Å². The molecule has 0 N–H and O–H groups in total. The van der Waals surface area contributed by atoms with E-state index in [4.69, 9.17) is 9.57 Å². The highest BCUT2D eigenvalue weighted by molar-refractivity contribution is 6.21. The van der Waals surface area contributed by atoms with E-state index in [0.29, 0.717) is 5.06 Å². The molecule has 25 heavy (non-hydrogen) atoms. The van der Waals surface area contributed by atoms with Crippen LogP contribution in [0.1, 0.15) is 31.1 Å². The fourth-order valence-corrected chi connectivity index (χ4v) is 2.15. The molecule has 0 saturated carbocycles. The molecule has 0 fully saturated rings. The summed E-state index contributed by atoms with van der Waals surface area (Å²) in [6.45, 7) is -0.863. The lowest BCUT2D eigenvalue weighted by molar-refractivity contribution is -0.0585. The van der Waals surface area contributed by atoms with Crippen molar-refractivity contribution in [2.75, 3.05) is 6.61 Å². The minimum atomic E-state index is -2.69. The first-order valence-electron chi connectivity index (χ1n) is 7.03. The Morgan fingerprint density at radius 2 is 1.76 bits per heavy atom. The van der Waals surface area contributed by atoms with Crippen molar-refractivity contribution in [2.24, 2.45) is 0 Å². The average Bonchev–Trinajstić information content (AvgIpc) is 2.85. The van der Waals surface area contributed by atoms with Crippen LogP contribution in [0.4, 0.5) is 8.78 Å². The molecule has 7 nitrogen and oxygen atoms in total. The quantitative estimate of drug-likeness (QED) is 0.769. The predicted octanol–water partition coefficient (Wildman–Crippen LogP) is 2.09. The lowest BCUT2D eigenvalue weighted by atomic mass is 10.1. The van der Waals surface area contributed by atoms with E-state index >= 15 is 0 Å². The van der Waals surface area contributed by atoms with Crippen molar-refractivity contribution < 1.29 is 32.7 Å². The largest absolute Gasteiger partial charge is 0.486 e. The van der Waals surface area contributed by atoms with E-state index in [1.807, 2.05) is 0 Å². The molecule has 3 rings (SSSR count). The second-order valence-electron chi connectivity index (χ2n) is 4.94. The molecule has 0 saturated heterocycles. The smallest absolute Gasteiger partial charge is 0.365 e. The fraction of sp³-hybridized carbons (Fsp3) is 0.125. The van der Waals surface area contributed by atoms with Gasteiger partial charge in [0.15, 0.2) is 0 Å². The Morgan fingerprint density at radius 1 is 1.12 bits per heavy atom. The SMILES string of the molecule is O=C(ON1C(=O)c2ccccc2C1=O)c1cncc(OCC(F)F)c1. The standard InChI is InChI=1S/C16H10F2N2O5/c17-13(18)8-24-10-5-9(6-19-7-10)16(23)25-20-14(21)11-3-1-2-4-12(11)15(20)22/h1-7,13H,8H2. The third-order valence-electron chi connectivity index (χ3n) is 3.26. The van der Waals surface area contributed by atoms with Gasteiger partial charge in [0, 0.05) is 6.20 Å². The summed E-state index contributed by atoms with van der Waals surface area (Å²) in [4.78, 5) is 44.9. The van der Waals surface area contributed by atoms with Gasteiger partial charge >= 0.3 is 5.97 Å². The maximum Gasteiger partial charge on any atom is 0.365 e. The van der Waals surface area contributed by atoms with E-state index in [1.54, 1.807) is 12.1 Å². The minimum absolute atomic E-state index is 0.0721. The number of benzene rings is 1. The van der Waals surface area contributed by atoms with Crippen LogP contribution in [0.5, 0.6) is 5.75 Å². The first kappa shape index (κ1) is 16.5. The molecule has 128 valence electrons. The molecule has 1 aliphatic rings. The zero-order valence-electron chi connectivity index (χ0n) is 12.5. The summed E-state index contributed by atoms with van der Waals surface area (Å²) in [5, 5.41) is 0.347. The summed E-state index contributed by atoms with van der Waals surface area (Å²) in [6, 6.07) is 7.13. The summed E-state index contributed by atoms with van der Waals surface area (Å²) >= 11 is 0. The molecule has 0 radical (unpaired) electrons. The zero-order chi connectivity index (χ0) is 18.0. The summed E-state index contributed by atoms with van der Waals surface area (Å²) in [5.41, 5.74) is 0.0724. The van der Waals surface area contributed by atoms with E-state index in [2.05, 4.69) is 4.98 Å². The molecule has 2 aromatic rings. The highest BCUT2D eigenvalue weighted by Crippen LogP contribution is 2.23. The Hall–Kier alpha value is -3.36. The number of ether oxygens (including phenoxy) is 1. The van der Waals surface area contributed by atoms with Crippen molar-refractivity contribution in [1.82, 2.24) is 10.0 Å². The van der Waals surface area contributed by atoms with Gasteiger partial charge in [-0.2, -0.15) is 0 Å². The number of hydroxylamine groups is 2. The molecule has 0 atom stereocenters. The average molecular weight is 348 g/mol. The van der Waals surface area contributed by atoms with E-state index in [-0.39, 0.29) is 22.4 Å². The van der Waals surface area contributed by atoms with E-state index in [9.17, 15) is 23.2 Å². The summed E-state index contributed by atoms with van der Waals surface area (Å²) in [6.07, 6.45) is -0.453. The molecular formula is C16H10F2N2O5. The number of alkyl halides is 2. The Labute approximate surface area is 139 Å². The third kappa shape index (κ3) is 3.30. The number of halogens is 2. The van der Waals surface area contributed by atoms with Crippen molar-refractivity contribution in [2.45, 2.75) is 6.43 Å². The lowest BCUT2D eigenvalue weighted by Gasteiger charge is -2.13. The molecule has 0 spiro atoms. The van der Waals surface area contributed by atoms with Gasteiger partial charge in [-0.3, -0.25) is 14.6 Å². The van der Waals surface area contributed by atoms with Gasteiger partial charge in [-0.25, -0.2) is 13.6 Å². The van der Waals surface area contributed by atoms with Crippen LogP contribution in [0.2, 0.25) is 0 Å². The number of rotatable bonds is 5. The number of aromatic nitrogens is 1. The Kier molecular flexibility index (Phi) is 4.38. The van der Waals surface area contributed by atoms with Crippen LogP contribution in [0, 0.1) is 0 Å². The number of imide groups is 1. The molecule has 0 unspecified atom stereocenters. The maximum atomic E-state index is 12.1. The number of carbonyl (C=O) groups excluding carboxylic acids is 3. The van der Waals surface area contributed by atoms with Crippen LogP contribution in [0.25, 0.3) is 0 Å². The van der Waals surface area contributed by atoms with Gasteiger partial charge in [0.25, 0.3) is 18.2 Å². The number of nitrogens with zero attached hydrogens (tertiary/aromatic N) is 2. The molecule has 0 bridgehead atoms. The van der Waals surface area contributed by atoms with Crippen LogP contribution in [-0.2, 0) is 4.84 Å². The second-order valence-corrected chi connectivity index (χ2v) is 4.94. The Bertz CT molecular complexity index is 821. The van der Waals surface area contributed by atoms with Crippen LogP contribution in [0.3, 0.4) is 0 Å². The van der Waals surface area contributed by atoms with Gasteiger partial charge in [-0.05, 0) is 18.2 Å². The summed E-state index contributed by atoms with van der Waals surface area (Å²) < 4.78 is 29.0. The first-order valence-corrected chi connectivity index (χ1v) is 7.03. The third-order valence-corrected chi connectivity index (χ3v) is 3.26. The Morgan fingerprint density at radius 3 is 2.36 bits per heavy atom. The van der Waals surface area contributed by atoms with Crippen molar-refractivity contribution in [3.8, 4) is 5.75 Å². The van der Waals surface area contributed by atoms with Gasteiger partial charge < -0.3 is 9.57 Å². The molecule has 1 aromatic heterocycles. The highest BCUT2D eigenvalue weighted by Gasteiger charge is 2.38. The fourth-order valence-electron chi connectivity index (χ4n) is 2.15. The van der Waals surface area contributed by atoms with Gasteiger partial charge in [0.1, 0.15) is 12.4 Å².